The number of rotatable bonds is 5. The van der Waals surface area contributed by atoms with Crippen LogP contribution in [0.3, 0.4) is 0 Å². The Bertz CT molecular complexity index is 915. The normalized spacial score (nSPS) is 12.5. The van der Waals surface area contributed by atoms with Crippen LogP contribution in [0.1, 0.15) is 49.3 Å². The summed E-state index contributed by atoms with van der Waals surface area (Å²) >= 11 is 0. The SMILES string of the molecule is CC(C)c1cc(CC(C)c2ccc3ccccc3c2)ccc1[N+](=O)[O-]. The van der Waals surface area contributed by atoms with E-state index >= 15 is 0 Å². The maximum absolute atomic E-state index is 11.2. The summed E-state index contributed by atoms with van der Waals surface area (Å²) in [6, 6.07) is 20.5. The predicted octanol–water partition coefficient (Wildman–Crippen LogP) is 6.22. The molecule has 0 aliphatic rings. The van der Waals surface area contributed by atoms with E-state index in [2.05, 4.69) is 49.4 Å². The minimum absolute atomic E-state index is 0.135. The lowest BCUT2D eigenvalue weighted by molar-refractivity contribution is -0.385. The van der Waals surface area contributed by atoms with Crippen molar-refractivity contribution in [3.63, 3.8) is 0 Å². The summed E-state index contributed by atoms with van der Waals surface area (Å²) in [6.45, 7) is 6.21. The first-order chi connectivity index (χ1) is 12.0. The molecule has 0 fully saturated rings. The molecule has 0 radical (unpaired) electrons. The summed E-state index contributed by atoms with van der Waals surface area (Å²) in [5, 5.41) is 13.7. The van der Waals surface area contributed by atoms with E-state index in [-0.39, 0.29) is 16.5 Å². The summed E-state index contributed by atoms with van der Waals surface area (Å²) in [7, 11) is 0. The van der Waals surface area contributed by atoms with Gasteiger partial charge in [-0.25, -0.2) is 0 Å². The second kappa shape index (κ2) is 7.06. The van der Waals surface area contributed by atoms with E-state index in [9.17, 15) is 10.1 Å². The Morgan fingerprint density at radius 1 is 0.920 bits per heavy atom. The molecule has 0 saturated carbocycles. The van der Waals surface area contributed by atoms with Crippen molar-refractivity contribution in [2.45, 2.75) is 39.0 Å². The molecule has 0 bridgehead atoms. The Labute approximate surface area is 148 Å². The molecule has 3 heteroatoms. The van der Waals surface area contributed by atoms with Crippen LogP contribution in [-0.4, -0.2) is 4.92 Å². The Kier molecular flexibility index (Phi) is 4.84. The Hall–Kier alpha value is -2.68. The fourth-order valence-corrected chi connectivity index (χ4v) is 3.35. The zero-order valence-corrected chi connectivity index (χ0v) is 14.9. The van der Waals surface area contributed by atoms with Crippen molar-refractivity contribution in [2.75, 3.05) is 0 Å². The van der Waals surface area contributed by atoms with Crippen molar-refractivity contribution in [1.29, 1.82) is 0 Å². The lowest BCUT2D eigenvalue weighted by Gasteiger charge is -2.15. The highest BCUT2D eigenvalue weighted by Gasteiger charge is 2.17. The molecular formula is C22H23NO2. The second-order valence-corrected chi connectivity index (χ2v) is 7.02. The van der Waals surface area contributed by atoms with Gasteiger partial charge in [-0.05, 0) is 46.2 Å². The molecule has 0 heterocycles. The minimum Gasteiger partial charge on any atom is -0.258 e. The Morgan fingerprint density at radius 2 is 1.64 bits per heavy atom. The number of nitro groups is 1. The summed E-state index contributed by atoms with van der Waals surface area (Å²) in [5.41, 5.74) is 3.48. The zero-order chi connectivity index (χ0) is 18.0. The van der Waals surface area contributed by atoms with Crippen molar-refractivity contribution >= 4 is 16.5 Å². The molecule has 3 aromatic carbocycles. The van der Waals surface area contributed by atoms with E-state index in [0.717, 1.165) is 17.5 Å². The van der Waals surface area contributed by atoms with E-state index in [4.69, 9.17) is 0 Å². The minimum atomic E-state index is -0.286. The molecule has 0 aliphatic carbocycles. The molecule has 3 nitrogen and oxygen atoms in total. The molecule has 0 N–H and O–H groups in total. The smallest absolute Gasteiger partial charge is 0.258 e. The van der Waals surface area contributed by atoms with Gasteiger partial charge >= 0.3 is 0 Å². The highest BCUT2D eigenvalue weighted by Crippen LogP contribution is 2.30. The topological polar surface area (TPSA) is 43.1 Å². The van der Waals surface area contributed by atoms with Crippen LogP contribution in [0.2, 0.25) is 0 Å². The monoisotopic (exact) mass is 333 g/mol. The highest BCUT2D eigenvalue weighted by atomic mass is 16.6. The predicted molar refractivity (Wildman–Crippen MR) is 103 cm³/mol. The van der Waals surface area contributed by atoms with E-state index in [1.54, 1.807) is 6.07 Å². The van der Waals surface area contributed by atoms with Gasteiger partial charge in [-0.1, -0.05) is 69.3 Å². The molecule has 128 valence electrons. The third kappa shape index (κ3) is 3.71. The Balaban J connectivity index is 1.87. The van der Waals surface area contributed by atoms with Crippen LogP contribution in [-0.2, 0) is 6.42 Å². The average molecular weight is 333 g/mol. The molecule has 3 aromatic rings. The molecule has 0 saturated heterocycles. The molecule has 25 heavy (non-hydrogen) atoms. The fourth-order valence-electron chi connectivity index (χ4n) is 3.35. The molecule has 1 unspecified atom stereocenters. The van der Waals surface area contributed by atoms with Gasteiger partial charge in [0.2, 0.25) is 0 Å². The third-order valence-corrected chi connectivity index (χ3v) is 4.80. The van der Waals surface area contributed by atoms with Crippen LogP contribution < -0.4 is 0 Å². The van der Waals surface area contributed by atoms with E-state index in [0.29, 0.717) is 5.92 Å². The van der Waals surface area contributed by atoms with Crippen LogP contribution in [0.4, 0.5) is 5.69 Å². The third-order valence-electron chi connectivity index (χ3n) is 4.80. The first-order valence-electron chi connectivity index (χ1n) is 8.71. The summed E-state index contributed by atoms with van der Waals surface area (Å²) in [5.74, 6) is 0.488. The van der Waals surface area contributed by atoms with Crippen LogP contribution in [0, 0.1) is 10.1 Å². The second-order valence-electron chi connectivity index (χ2n) is 7.02. The maximum Gasteiger partial charge on any atom is 0.272 e. The van der Waals surface area contributed by atoms with E-state index in [1.165, 1.54) is 16.3 Å². The lowest BCUT2D eigenvalue weighted by atomic mass is 9.90. The van der Waals surface area contributed by atoms with Crippen molar-refractivity contribution in [1.82, 2.24) is 0 Å². The van der Waals surface area contributed by atoms with Crippen molar-refractivity contribution < 1.29 is 4.92 Å². The number of hydrogen-bond donors (Lipinski definition) is 0. The number of nitrogens with zero attached hydrogens (tertiary/aromatic N) is 1. The summed E-state index contributed by atoms with van der Waals surface area (Å²) in [4.78, 5) is 10.9. The van der Waals surface area contributed by atoms with Crippen molar-refractivity contribution in [3.05, 3.63) is 87.5 Å². The Morgan fingerprint density at radius 3 is 2.32 bits per heavy atom. The van der Waals surface area contributed by atoms with Gasteiger partial charge in [0.1, 0.15) is 0 Å². The standard InChI is InChI=1S/C22H23NO2/c1-15(2)21-13-17(8-11-22(21)23(24)25)12-16(3)19-10-9-18-6-4-5-7-20(18)14-19/h4-11,13-16H,12H2,1-3H3. The van der Waals surface area contributed by atoms with E-state index < -0.39 is 0 Å². The number of fused-ring (bicyclic) bond motifs is 1. The van der Waals surface area contributed by atoms with E-state index in [1.807, 2.05) is 26.0 Å². The number of hydrogen-bond acceptors (Lipinski definition) is 2. The van der Waals surface area contributed by atoms with Crippen molar-refractivity contribution in [2.24, 2.45) is 0 Å². The first-order valence-corrected chi connectivity index (χ1v) is 8.71. The largest absolute Gasteiger partial charge is 0.272 e. The quantitative estimate of drug-likeness (QED) is 0.411. The molecule has 1 atom stereocenters. The molecular weight excluding hydrogens is 310 g/mol. The van der Waals surface area contributed by atoms with Gasteiger partial charge in [0, 0.05) is 11.6 Å². The summed E-state index contributed by atoms with van der Waals surface area (Å²) in [6.07, 6.45) is 0.871. The fraction of sp³-hybridized carbons (Fsp3) is 0.273. The van der Waals surface area contributed by atoms with Crippen LogP contribution in [0.25, 0.3) is 10.8 Å². The van der Waals surface area contributed by atoms with Gasteiger partial charge in [-0.3, -0.25) is 10.1 Å². The van der Waals surface area contributed by atoms with Gasteiger partial charge in [0.25, 0.3) is 5.69 Å². The first kappa shape index (κ1) is 17.2. The van der Waals surface area contributed by atoms with Gasteiger partial charge in [0.05, 0.1) is 4.92 Å². The maximum atomic E-state index is 11.2. The summed E-state index contributed by atoms with van der Waals surface area (Å²) < 4.78 is 0. The molecule has 0 aliphatic heterocycles. The van der Waals surface area contributed by atoms with Crippen LogP contribution in [0.5, 0.6) is 0 Å². The molecule has 0 aromatic heterocycles. The molecule has 0 spiro atoms. The van der Waals surface area contributed by atoms with Gasteiger partial charge in [-0.2, -0.15) is 0 Å². The lowest BCUT2D eigenvalue weighted by Crippen LogP contribution is -2.02. The molecule has 0 amide bonds. The van der Waals surface area contributed by atoms with Gasteiger partial charge in [0.15, 0.2) is 0 Å². The molecule has 3 rings (SSSR count). The van der Waals surface area contributed by atoms with Gasteiger partial charge < -0.3 is 0 Å². The number of nitro benzene ring substituents is 1. The average Bonchev–Trinajstić information content (AvgIpc) is 2.61. The van der Waals surface area contributed by atoms with Crippen LogP contribution in [0.15, 0.2) is 60.7 Å². The highest BCUT2D eigenvalue weighted by molar-refractivity contribution is 5.83. The van der Waals surface area contributed by atoms with Crippen LogP contribution >= 0.6 is 0 Å². The number of benzene rings is 3. The van der Waals surface area contributed by atoms with Gasteiger partial charge in [-0.15, -0.1) is 0 Å². The zero-order valence-electron chi connectivity index (χ0n) is 14.9. The van der Waals surface area contributed by atoms with Crippen molar-refractivity contribution in [3.8, 4) is 0 Å².